The lowest BCUT2D eigenvalue weighted by Gasteiger charge is -2.10. The molecule has 0 aliphatic rings. The van der Waals surface area contributed by atoms with E-state index in [1.165, 1.54) is 0 Å². The summed E-state index contributed by atoms with van der Waals surface area (Å²) in [4.78, 5) is 24.0. The van der Waals surface area contributed by atoms with Gasteiger partial charge in [-0.15, -0.1) is 0 Å². The third kappa shape index (κ3) is 3.78. The van der Waals surface area contributed by atoms with Gasteiger partial charge in [-0.2, -0.15) is 0 Å². The summed E-state index contributed by atoms with van der Waals surface area (Å²) in [5.41, 5.74) is 4.03. The maximum atomic E-state index is 12.2. The molecular formula is C18H18O3. The molecule has 0 N–H and O–H groups in total. The van der Waals surface area contributed by atoms with Crippen molar-refractivity contribution in [1.29, 1.82) is 0 Å². The molecule has 2 aromatic rings. The van der Waals surface area contributed by atoms with E-state index in [0.717, 1.165) is 22.3 Å². The molecule has 0 aromatic heterocycles. The summed E-state index contributed by atoms with van der Waals surface area (Å²) in [6, 6.07) is 13.0. The van der Waals surface area contributed by atoms with Gasteiger partial charge in [0.25, 0.3) is 0 Å². The summed E-state index contributed by atoms with van der Waals surface area (Å²) in [5.74, 6) is -1.11. The maximum absolute atomic E-state index is 12.2. The third-order valence-corrected chi connectivity index (χ3v) is 3.28. The molecule has 0 spiro atoms. The Morgan fingerprint density at radius 1 is 0.952 bits per heavy atom. The van der Waals surface area contributed by atoms with Gasteiger partial charge in [-0.1, -0.05) is 48.0 Å². The van der Waals surface area contributed by atoms with E-state index >= 15 is 0 Å². The summed E-state index contributed by atoms with van der Waals surface area (Å²) < 4.78 is 4.96. The predicted octanol–water partition coefficient (Wildman–Crippen LogP) is 3.54. The summed E-state index contributed by atoms with van der Waals surface area (Å²) in [6.45, 7) is 5.66. The van der Waals surface area contributed by atoms with Crippen LogP contribution in [-0.4, -0.2) is 11.9 Å². The number of hydrogen-bond acceptors (Lipinski definition) is 3. The van der Waals surface area contributed by atoms with Crippen LogP contribution in [0.25, 0.3) is 0 Å². The quantitative estimate of drug-likeness (QED) is 0.639. The molecule has 0 aliphatic carbocycles. The van der Waals surface area contributed by atoms with Crippen LogP contribution in [0.2, 0.25) is 0 Å². The Hall–Kier alpha value is -2.42. The summed E-state index contributed by atoms with van der Waals surface area (Å²) in [6.07, 6.45) is 0.0938. The number of esters is 2. The Labute approximate surface area is 124 Å². The van der Waals surface area contributed by atoms with Gasteiger partial charge in [0.05, 0.1) is 12.0 Å². The van der Waals surface area contributed by atoms with Gasteiger partial charge in [0.1, 0.15) is 0 Å². The van der Waals surface area contributed by atoms with Crippen molar-refractivity contribution in [2.24, 2.45) is 0 Å². The first-order valence-electron chi connectivity index (χ1n) is 6.84. The molecular weight excluding hydrogens is 264 g/mol. The molecule has 0 amide bonds. The van der Waals surface area contributed by atoms with Gasteiger partial charge in [-0.05, 0) is 37.5 Å². The fourth-order valence-corrected chi connectivity index (χ4v) is 2.46. The molecule has 0 fully saturated rings. The van der Waals surface area contributed by atoms with Crippen LogP contribution in [0.1, 0.15) is 32.6 Å². The fourth-order valence-electron chi connectivity index (χ4n) is 2.46. The van der Waals surface area contributed by atoms with Crippen LogP contribution >= 0.6 is 0 Å². The van der Waals surface area contributed by atoms with Crippen molar-refractivity contribution in [2.75, 3.05) is 0 Å². The number of aryl methyl sites for hydroxylation is 3. The number of rotatable bonds is 3. The minimum absolute atomic E-state index is 0.0938. The highest BCUT2D eigenvalue weighted by atomic mass is 16.6. The first-order valence-corrected chi connectivity index (χ1v) is 6.84. The predicted molar refractivity (Wildman–Crippen MR) is 81.2 cm³/mol. The number of carbonyl (C=O) groups excluding carboxylic acids is 2. The molecule has 0 heterocycles. The highest BCUT2D eigenvalue weighted by Gasteiger charge is 2.18. The Kier molecular flexibility index (Phi) is 4.53. The van der Waals surface area contributed by atoms with Gasteiger partial charge in [0, 0.05) is 0 Å². The van der Waals surface area contributed by atoms with E-state index in [1.807, 2.05) is 63.2 Å². The number of hydrogen-bond donors (Lipinski definition) is 0. The van der Waals surface area contributed by atoms with E-state index in [9.17, 15) is 9.59 Å². The standard InChI is InChI=1S/C18H18O3/c1-12-9-13(2)17(14(3)10-12)18(20)21-16(19)11-15-7-5-4-6-8-15/h4-10H,11H2,1-3H3. The van der Waals surface area contributed by atoms with E-state index in [1.54, 1.807) is 0 Å². The average Bonchev–Trinajstić information content (AvgIpc) is 2.38. The Bertz CT molecular complexity index is 649. The van der Waals surface area contributed by atoms with Crippen molar-refractivity contribution < 1.29 is 14.3 Å². The number of benzene rings is 2. The van der Waals surface area contributed by atoms with Crippen LogP contribution in [0.15, 0.2) is 42.5 Å². The number of ether oxygens (including phenoxy) is 1. The maximum Gasteiger partial charge on any atom is 0.346 e. The molecule has 0 bridgehead atoms. The molecule has 2 aromatic carbocycles. The second kappa shape index (κ2) is 6.35. The molecule has 0 radical (unpaired) electrons. The van der Waals surface area contributed by atoms with Gasteiger partial charge in [-0.25, -0.2) is 4.79 Å². The summed E-state index contributed by atoms with van der Waals surface area (Å²) in [5, 5.41) is 0. The smallest absolute Gasteiger partial charge is 0.346 e. The van der Waals surface area contributed by atoms with Crippen molar-refractivity contribution in [1.82, 2.24) is 0 Å². The van der Waals surface area contributed by atoms with Gasteiger partial charge < -0.3 is 4.74 Å². The molecule has 0 saturated heterocycles. The Morgan fingerprint density at radius 2 is 1.52 bits per heavy atom. The minimum atomic E-state index is -0.578. The van der Waals surface area contributed by atoms with E-state index in [-0.39, 0.29) is 6.42 Å². The highest BCUT2D eigenvalue weighted by Crippen LogP contribution is 2.17. The second-order valence-corrected chi connectivity index (χ2v) is 5.20. The largest absolute Gasteiger partial charge is 0.389 e. The summed E-state index contributed by atoms with van der Waals surface area (Å²) in [7, 11) is 0. The minimum Gasteiger partial charge on any atom is -0.389 e. The zero-order chi connectivity index (χ0) is 15.4. The molecule has 2 rings (SSSR count). The molecule has 0 aliphatic heterocycles. The zero-order valence-electron chi connectivity index (χ0n) is 12.5. The molecule has 0 unspecified atom stereocenters. The van der Waals surface area contributed by atoms with Crippen LogP contribution in [0, 0.1) is 20.8 Å². The normalized spacial score (nSPS) is 10.2. The van der Waals surface area contributed by atoms with Crippen LogP contribution < -0.4 is 0 Å². The monoisotopic (exact) mass is 282 g/mol. The lowest BCUT2D eigenvalue weighted by atomic mass is 10.00. The Balaban J connectivity index is 2.10. The molecule has 0 atom stereocenters. The van der Waals surface area contributed by atoms with E-state index in [2.05, 4.69) is 0 Å². The average molecular weight is 282 g/mol. The van der Waals surface area contributed by atoms with Gasteiger partial charge in [-0.3, -0.25) is 4.79 Å². The van der Waals surface area contributed by atoms with Crippen LogP contribution in [0.5, 0.6) is 0 Å². The third-order valence-electron chi connectivity index (χ3n) is 3.28. The first-order chi connectivity index (χ1) is 9.97. The van der Waals surface area contributed by atoms with Crippen molar-refractivity contribution in [3.05, 3.63) is 70.3 Å². The van der Waals surface area contributed by atoms with Crippen LogP contribution in [0.3, 0.4) is 0 Å². The SMILES string of the molecule is Cc1cc(C)c(C(=O)OC(=O)Cc2ccccc2)c(C)c1. The van der Waals surface area contributed by atoms with Gasteiger partial charge in [0.2, 0.25) is 0 Å². The molecule has 21 heavy (non-hydrogen) atoms. The number of carbonyl (C=O) groups is 2. The first kappa shape index (κ1) is 15.0. The van der Waals surface area contributed by atoms with Crippen molar-refractivity contribution in [3.63, 3.8) is 0 Å². The van der Waals surface area contributed by atoms with E-state index in [4.69, 9.17) is 4.74 Å². The van der Waals surface area contributed by atoms with E-state index in [0.29, 0.717) is 5.56 Å². The molecule has 108 valence electrons. The van der Waals surface area contributed by atoms with Gasteiger partial charge >= 0.3 is 11.9 Å². The van der Waals surface area contributed by atoms with Crippen molar-refractivity contribution >= 4 is 11.9 Å². The molecule has 3 nitrogen and oxygen atoms in total. The fraction of sp³-hybridized carbons (Fsp3) is 0.222. The highest BCUT2D eigenvalue weighted by molar-refractivity contribution is 5.99. The van der Waals surface area contributed by atoms with Gasteiger partial charge in [0.15, 0.2) is 0 Å². The molecule has 0 saturated carbocycles. The van der Waals surface area contributed by atoms with Crippen LogP contribution in [-0.2, 0) is 16.0 Å². The lowest BCUT2D eigenvalue weighted by molar-refractivity contribution is -0.137. The van der Waals surface area contributed by atoms with Crippen molar-refractivity contribution in [3.8, 4) is 0 Å². The van der Waals surface area contributed by atoms with Crippen molar-refractivity contribution in [2.45, 2.75) is 27.2 Å². The van der Waals surface area contributed by atoms with E-state index < -0.39 is 11.9 Å². The lowest BCUT2D eigenvalue weighted by Crippen LogP contribution is -2.16. The zero-order valence-corrected chi connectivity index (χ0v) is 12.5. The second-order valence-electron chi connectivity index (χ2n) is 5.20. The molecule has 3 heteroatoms. The van der Waals surface area contributed by atoms with Crippen LogP contribution in [0.4, 0.5) is 0 Å². The summed E-state index contributed by atoms with van der Waals surface area (Å²) >= 11 is 0. The Morgan fingerprint density at radius 3 is 2.10 bits per heavy atom. The topological polar surface area (TPSA) is 43.4 Å².